The van der Waals surface area contributed by atoms with Gasteiger partial charge in [0, 0.05) is 18.3 Å². The van der Waals surface area contributed by atoms with Crippen molar-refractivity contribution in [3.63, 3.8) is 0 Å². The van der Waals surface area contributed by atoms with Crippen molar-refractivity contribution in [2.24, 2.45) is 11.8 Å². The molecule has 0 amide bonds. The third-order valence-corrected chi connectivity index (χ3v) is 4.66. The molecule has 1 aromatic carbocycles. The maximum absolute atomic E-state index is 11.4. The number of hydrogen-bond donors (Lipinski definition) is 2. The highest BCUT2D eigenvalue weighted by Gasteiger charge is 2.23. The van der Waals surface area contributed by atoms with Crippen LogP contribution in [0.2, 0.25) is 0 Å². The van der Waals surface area contributed by atoms with Crippen LogP contribution in [0.1, 0.15) is 18.7 Å². The van der Waals surface area contributed by atoms with Crippen molar-refractivity contribution in [3.05, 3.63) is 78.7 Å². The van der Waals surface area contributed by atoms with Gasteiger partial charge in [-0.2, -0.15) is 0 Å². The molecule has 0 radical (unpaired) electrons. The Hall–Kier alpha value is -2.88. The van der Waals surface area contributed by atoms with Crippen LogP contribution in [0.5, 0.6) is 0 Å². The molecule has 0 saturated carbocycles. The van der Waals surface area contributed by atoms with Crippen LogP contribution in [0.15, 0.2) is 72.9 Å². The second-order valence-corrected chi connectivity index (χ2v) is 6.33. The Morgan fingerprint density at radius 3 is 2.88 bits per heavy atom. The minimum atomic E-state index is -0.804. The van der Waals surface area contributed by atoms with E-state index >= 15 is 0 Å². The zero-order chi connectivity index (χ0) is 17.8. The number of aliphatic carboxylic acids is 1. The van der Waals surface area contributed by atoms with Crippen LogP contribution in [-0.4, -0.2) is 21.0 Å². The smallest absolute Gasteiger partial charge is 0.303 e. The number of nitrogens with zero attached hydrogens (tertiary/aromatic N) is 1. The van der Waals surface area contributed by atoms with Crippen LogP contribution < -0.4 is 0 Å². The minimum absolute atomic E-state index is 0.0720. The summed E-state index contributed by atoms with van der Waals surface area (Å²) < 4.78 is 0. The number of carboxylic acid groups (broad SMARTS) is 1. The maximum atomic E-state index is 11.4. The van der Waals surface area contributed by atoms with Gasteiger partial charge in [0.25, 0.3) is 0 Å². The SMILES string of the molecule is C=CC1=CC(C(CC(=O)O)Cc2nc3ccccc3[nH]2)=CCC1C=C. The molecule has 0 aliphatic heterocycles. The number of H-pyrrole nitrogens is 1. The molecule has 3 rings (SSSR count). The number of fused-ring (bicyclic) bond motifs is 1. The average Bonchev–Trinajstić information content (AvgIpc) is 3.02. The Bertz CT molecular complexity index is 840. The quantitative estimate of drug-likeness (QED) is 0.736. The van der Waals surface area contributed by atoms with Crippen LogP contribution in [-0.2, 0) is 11.2 Å². The maximum Gasteiger partial charge on any atom is 0.303 e. The Kier molecular flexibility index (Phi) is 4.98. The van der Waals surface area contributed by atoms with Gasteiger partial charge in [0.2, 0.25) is 0 Å². The molecule has 1 aromatic heterocycles. The van der Waals surface area contributed by atoms with E-state index in [1.807, 2.05) is 36.4 Å². The van der Waals surface area contributed by atoms with E-state index in [0.29, 0.717) is 6.42 Å². The molecule has 2 unspecified atom stereocenters. The zero-order valence-corrected chi connectivity index (χ0v) is 14.1. The first-order valence-electron chi connectivity index (χ1n) is 8.42. The van der Waals surface area contributed by atoms with Gasteiger partial charge in [0.1, 0.15) is 5.82 Å². The van der Waals surface area contributed by atoms with E-state index in [2.05, 4.69) is 35.3 Å². The fourth-order valence-electron chi connectivity index (χ4n) is 3.34. The van der Waals surface area contributed by atoms with Crippen LogP contribution in [0.25, 0.3) is 11.0 Å². The van der Waals surface area contributed by atoms with Gasteiger partial charge >= 0.3 is 5.97 Å². The fourth-order valence-corrected chi connectivity index (χ4v) is 3.34. The molecular formula is C21H22N2O2. The van der Waals surface area contributed by atoms with Crippen molar-refractivity contribution in [2.45, 2.75) is 19.3 Å². The van der Waals surface area contributed by atoms with Crippen LogP contribution >= 0.6 is 0 Å². The summed E-state index contributed by atoms with van der Waals surface area (Å²) in [6, 6.07) is 7.82. The Labute approximate surface area is 147 Å². The van der Waals surface area contributed by atoms with E-state index in [0.717, 1.165) is 34.4 Å². The number of aromatic nitrogens is 2. The number of hydrogen-bond acceptors (Lipinski definition) is 2. The molecule has 128 valence electrons. The molecule has 25 heavy (non-hydrogen) atoms. The molecule has 2 N–H and O–H groups in total. The Morgan fingerprint density at radius 1 is 1.40 bits per heavy atom. The first kappa shape index (κ1) is 17.0. The van der Waals surface area contributed by atoms with Gasteiger partial charge in [-0.25, -0.2) is 4.98 Å². The number of para-hydroxylation sites is 2. The van der Waals surface area contributed by atoms with E-state index < -0.39 is 5.97 Å². The van der Waals surface area contributed by atoms with Gasteiger partial charge in [-0.1, -0.05) is 43.0 Å². The lowest BCUT2D eigenvalue weighted by Crippen LogP contribution is -2.16. The number of rotatable bonds is 7. The number of carbonyl (C=O) groups is 1. The van der Waals surface area contributed by atoms with Crippen LogP contribution in [0.4, 0.5) is 0 Å². The molecule has 0 spiro atoms. The molecule has 2 aromatic rings. The van der Waals surface area contributed by atoms with Gasteiger partial charge < -0.3 is 10.1 Å². The van der Waals surface area contributed by atoms with Gasteiger partial charge in [-0.15, -0.1) is 6.58 Å². The van der Waals surface area contributed by atoms with Crippen LogP contribution in [0.3, 0.4) is 0 Å². The van der Waals surface area contributed by atoms with Crippen molar-refractivity contribution in [2.75, 3.05) is 0 Å². The summed E-state index contributed by atoms with van der Waals surface area (Å²) in [7, 11) is 0. The normalized spacial score (nSPS) is 18.3. The van der Waals surface area contributed by atoms with E-state index in [9.17, 15) is 9.90 Å². The predicted molar refractivity (Wildman–Crippen MR) is 100 cm³/mol. The third kappa shape index (κ3) is 3.79. The van der Waals surface area contributed by atoms with E-state index in [4.69, 9.17) is 0 Å². The van der Waals surface area contributed by atoms with E-state index in [-0.39, 0.29) is 18.3 Å². The van der Waals surface area contributed by atoms with Gasteiger partial charge in [-0.05, 0) is 29.7 Å². The number of imidazole rings is 1. The van der Waals surface area contributed by atoms with E-state index in [1.165, 1.54) is 0 Å². The molecule has 1 aliphatic rings. The fraction of sp³-hybridized carbons (Fsp3) is 0.238. The zero-order valence-electron chi connectivity index (χ0n) is 14.1. The first-order chi connectivity index (χ1) is 12.1. The van der Waals surface area contributed by atoms with Crippen LogP contribution in [0, 0.1) is 11.8 Å². The van der Waals surface area contributed by atoms with Crippen molar-refractivity contribution in [1.82, 2.24) is 9.97 Å². The third-order valence-electron chi connectivity index (χ3n) is 4.66. The van der Waals surface area contributed by atoms with Crippen molar-refractivity contribution < 1.29 is 9.90 Å². The summed E-state index contributed by atoms with van der Waals surface area (Å²) in [5, 5.41) is 9.34. The number of carboxylic acids is 1. The molecule has 4 nitrogen and oxygen atoms in total. The summed E-state index contributed by atoms with van der Waals surface area (Å²) in [6.07, 6.45) is 9.38. The van der Waals surface area contributed by atoms with Crippen molar-refractivity contribution in [1.29, 1.82) is 0 Å². The Morgan fingerprint density at radius 2 is 2.20 bits per heavy atom. The van der Waals surface area contributed by atoms with Crippen molar-refractivity contribution in [3.8, 4) is 0 Å². The molecule has 0 saturated heterocycles. The standard InChI is InChI=1S/C21H22N2O2/c1-3-14-9-10-16(11-15(14)4-2)17(13-21(24)25)12-20-22-18-7-5-6-8-19(18)23-20/h3-8,10-11,14,17H,1-2,9,12-13H2,(H,22,23)(H,24,25). The molecule has 0 fully saturated rings. The Balaban J connectivity index is 1.88. The molecule has 2 atom stereocenters. The highest BCUT2D eigenvalue weighted by molar-refractivity contribution is 5.74. The number of benzene rings is 1. The number of allylic oxidation sites excluding steroid dienone is 6. The predicted octanol–water partition coefficient (Wildman–Crippen LogP) is 4.44. The second-order valence-electron chi connectivity index (χ2n) is 6.33. The van der Waals surface area contributed by atoms with Crippen molar-refractivity contribution >= 4 is 17.0 Å². The lowest BCUT2D eigenvalue weighted by Gasteiger charge is -2.23. The van der Waals surface area contributed by atoms with Gasteiger partial charge in [0.05, 0.1) is 17.5 Å². The molecular weight excluding hydrogens is 312 g/mol. The van der Waals surface area contributed by atoms with E-state index in [1.54, 1.807) is 0 Å². The molecule has 1 heterocycles. The largest absolute Gasteiger partial charge is 0.481 e. The summed E-state index contributed by atoms with van der Waals surface area (Å²) in [5.41, 5.74) is 4.00. The first-order valence-corrected chi connectivity index (χ1v) is 8.42. The summed E-state index contributed by atoms with van der Waals surface area (Å²) in [6.45, 7) is 7.74. The summed E-state index contributed by atoms with van der Waals surface area (Å²) in [4.78, 5) is 19.3. The summed E-state index contributed by atoms with van der Waals surface area (Å²) in [5.74, 6) is 0.130. The molecule has 0 bridgehead atoms. The lowest BCUT2D eigenvalue weighted by molar-refractivity contribution is -0.137. The average molecular weight is 334 g/mol. The lowest BCUT2D eigenvalue weighted by atomic mass is 9.82. The highest BCUT2D eigenvalue weighted by Crippen LogP contribution is 2.32. The number of nitrogens with one attached hydrogen (secondary N) is 1. The second kappa shape index (κ2) is 7.34. The molecule has 4 heteroatoms. The number of aromatic amines is 1. The highest BCUT2D eigenvalue weighted by atomic mass is 16.4. The van der Waals surface area contributed by atoms with Gasteiger partial charge in [0.15, 0.2) is 0 Å². The summed E-state index contributed by atoms with van der Waals surface area (Å²) >= 11 is 0. The minimum Gasteiger partial charge on any atom is -0.481 e. The van der Waals surface area contributed by atoms with Gasteiger partial charge in [-0.3, -0.25) is 4.79 Å². The topological polar surface area (TPSA) is 66.0 Å². The molecule has 1 aliphatic carbocycles. The monoisotopic (exact) mass is 334 g/mol.